The Morgan fingerprint density at radius 1 is 1.33 bits per heavy atom. The van der Waals surface area contributed by atoms with Gasteiger partial charge in [0.2, 0.25) is 0 Å². The molecule has 2 nitrogen and oxygen atoms in total. The number of rotatable bonds is 5. The van der Waals surface area contributed by atoms with Gasteiger partial charge in [-0.1, -0.05) is 6.92 Å². The summed E-state index contributed by atoms with van der Waals surface area (Å²) >= 11 is 0. The van der Waals surface area contributed by atoms with Crippen molar-refractivity contribution < 1.29 is 42.3 Å². The van der Waals surface area contributed by atoms with Crippen molar-refractivity contribution in [3.63, 3.8) is 0 Å². The van der Waals surface area contributed by atoms with Gasteiger partial charge in [-0.05, 0) is 0 Å². The van der Waals surface area contributed by atoms with Crippen LogP contribution in [0.5, 0.6) is 0 Å². The molecule has 0 N–H and O–H groups in total. The molecule has 0 saturated carbocycles. The van der Waals surface area contributed by atoms with E-state index >= 15 is 0 Å². The number of carbonyl (C=O) groups excluding carboxylic acids is 2. The third-order valence-corrected chi connectivity index (χ3v) is 1.26. The molecule has 12 heavy (non-hydrogen) atoms. The third kappa shape index (κ3) is 8.60. The van der Waals surface area contributed by atoms with Crippen LogP contribution in [0.1, 0.15) is 33.1 Å². The van der Waals surface area contributed by atoms with E-state index in [0.717, 1.165) is 0 Å². The largest absolute Gasteiger partial charge is 0.348 e. The van der Waals surface area contributed by atoms with Gasteiger partial charge in [0.1, 0.15) is 11.6 Å². The molecule has 0 aromatic rings. The minimum Gasteiger partial charge on any atom is -0.348 e. The molecule has 0 rings (SSSR count). The molecule has 0 saturated heterocycles. The molecule has 0 aromatic carbocycles. The Morgan fingerprint density at radius 2 is 1.83 bits per heavy atom. The summed E-state index contributed by atoms with van der Waals surface area (Å²) in [6.45, 7) is 3.42. The summed E-state index contributed by atoms with van der Waals surface area (Å²) in [5, 5.41) is 0. The zero-order chi connectivity index (χ0) is 8.85. The molecule has 0 aliphatic carbocycles. The van der Waals surface area contributed by atoms with E-state index in [2.05, 4.69) is 0 Å². The molecule has 3 radical (unpaired) electrons. The van der Waals surface area contributed by atoms with Crippen molar-refractivity contribution in [3.8, 4) is 0 Å². The second kappa shape index (κ2) is 8.12. The van der Waals surface area contributed by atoms with Crippen LogP contribution in [0.3, 0.4) is 0 Å². The minimum atomic E-state index is -0.0862. The maximum absolute atomic E-state index is 10.9. The Labute approximate surface area is 100 Å². The summed E-state index contributed by atoms with van der Waals surface area (Å²) in [6, 6.07) is 0. The average Bonchev–Trinajstić information content (AvgIpc) is 1.85. The molecule has 0 bridgehead atoms. The summed E-state index contributed by atoms with van der Waals surface area (Å²) in [5.41, 5.74) is 0. The second-order valence-corrected chi connectivity index (χ2v) is 2.63. The summed E-state index contributed by atoms with van der Waals surface area (Å²) in [6.07, 6.45) is 0.687. The molecule has 63 valence electrons. The van der Waals surface area contributed by atoms with Crippen LogP contribution in [-0.4, -0.2) is 19.4 Å². The van der Waals surface area contributed by atoms with E-state index < -0.39 is 0 Å². The van der Waals surface area contributed by atoms with Gasteiger partial charge in [0.05, 0.1) is 6.42 Å². The Morgan fingerprint density at radius 3 is 2.17 bits per heavy atom. The fourth-order valence-electron chi connectivity index (χ4n) is 0.718. The normalized spacial score (nSPS) is 9.25. The van der Waals surface area contributed by atoms with Gasteiger partial charge in [-0.25, -0.2) is 0 Å². The summed E-state index contributed by atoms with van der Waals surface area (Å²) in [4.78, 5) is 21.6. The molecule has 0 heterocycles. The Bertz CT molecular complexity index is 157. The zero-order valence-corrected chi connectivity index (χ0v) is 10.4. The monoisotopic (exact) mass is 240 g/mol. The number of carbonyl (C=O) groups is 2. The summed E-state index contributed by atoms with van der Waals surface area (Å²) in [5.74, 6) is 0.465. The van der Waals surface area contributed by atoms with Crippen molar-refractivity contribution in [1.29, 1.82) is 0 Å². The Hall–Kier alpha value is 0.509. The van der Waals surface area contributed by atoms with Crippen molar-refractivity contribution in [3.05, 3.63) is 5.82 Å². The van der Waals surface area contributed by atoms with E-state index in [4.69, 9.17) is 7.85 Å². The van der Waals surface area contributed by atoms with E-state index in [9.17, 15) is 9.59 Å². The zero-order valence-electron chi connectivity index (χ0n) is 7.59. The fraction of sp³-hybridized carbons (Fsp3) is 0.625. The van der Waals surface area contributed by atoms with Gasteiger partial charge in [-0.15, -0.1) is 6.42 Å². The van der Waals surface area contributed by atoms with Crippen LogP contribution < -0.4 is 0 Å². The van der Waals surface area contributed by atoms with Gasteiger partial charge in [0, 0.05) is 39.1 Å². The van der Waals surface area contributed by atoms with E-state index in [0.29, 0.717) is 12.2 Å². The molecule has 0 atom stereocenters. The molecular weight excluding hydrogens is 228 g/mol. The predicted octanol–water partition coefficient (Wildman–Crippen LogP) is 1.03. The first-order valence-corrected chi connectivity index (χ1v) is 3.67. The van der Waals surface area contributed by atoms with Crippen molar-refractivity contribution in [2.45, 2.75) is 33.1 Å². The van der Waals surface area contributed by atoms with Crippen LogP contribution in [0.4, 0.5) is 0 Å². The van der Waals surface area contributed by atoms with E-state index in [1.807, 2.05) is 0 Å². The second-order valence-electron chi connectivity index (χ2n) is 2.63. The van der Waals surface area contributed by atoms with Crippen LogP contribution >= 0.6 is 0 Å². The van der Waals surface area contributed by atoms with E-state index in [1.165, 1.54) is 0 Å². The van der Waals surface area contributed by atoms with Crippen molar-refractivity contribution >= 4 is 19.4 Å². The Balaban J connectivity index is 0. The van der Waals surface area contributed by atoms with Gasteiger partial charge in [-0.2, -0.15) is 14.8 Å². The van der Waals surface area contributed by atoms with Gasteiger partial charge in [-0.3, -0.25) is 4.79 Å². The van der Waals surface area contributed by atoms with Crippen LogP contribution in [0.2, 0.25) is 0 Å². The van der Waals surface area contributed by atoms with Crippen LogP contribution in [0, 0.1) is 5.82 Å². The van der Waals surface area contributed by atoms with E-state index in [1.54, 1.807) is 13.8 Å². The number of ketones is 2. The molecule has 0 aliphatic rings. The molecule has 4 heteroatoms. The average molecular weight is 240 g/mol. The van der Waals surface area contributed by atoms with Crippen LogP contribution in [0.15, 0.2) is 0 Å². The van der Waals surface area contributed by atoms with Gasteiger partial charge < -0.3 is 10.6 Å². The minimum absolute atomic E-state index is 0. The number of Topliss-reactive ketones (excluding diaryl/α,β-unsaturated/α-hetero) is 2. The van der Waals surface area contributed by atoms with Crippen molar-refractivity contribution in [2.24, 2.45) is 0 Å². The fourth-order valence-corrected chi connectivity index (χ4v) is 0.718. The summed E-state index contributed by atoms with van der Waals surface area (Å²) < 4.78 is 0. The predicted molar refractivity (Wildman–Crippen MR) is 44.2 cm³/mol. The number of hydrogen-bond donors (Lipinski definition) is 0. The first-order valence-electron chi connectivity index (χ1n) is 3.67. The standard InChI is InChI=1S/C8H12BO2.Y/c1-3-7(10)5-8(11)4-6(2)9;/h3-5H2,1-2H3;/q-1;. The maximum Gasteiger partial charge on any atom is 0.139 e. The van der Waals surface area contributed by atoms with Gasteiger partial charge in [0.15, 0.2) is 0 Å². The first-order chi connectivity index (χ1) is 5.06. The topological polar surface area (TPSA) is 34.1 Å². The quantitative estimate of drug-likeness (QED) is 0.408. The Kier molecular flexibility index (Phi) is 10.2. The first kappa shape index (κ1) is 15.0. The molecule has 0 aromatic heterocycles. The third-order valence-electron chi connectivity index (χ3n) is 1.26. The van der Waals surface area contributed by atoms with Gasteiger partial charge >= 0.3 is 0 Å². The smallest absolute Gasteiger partial charge is 0.139 e. The number of hydrogen-bond acceptors (Lipinski definition) is 2. The van der Waals surface area contributed by atoms with Crippen LogP contribution in [-0.2, 0) is 42.3 Å². The molecule has 0 spiro atoms. The molecule has 0 aliphatic heterocycles. The molecular formula is C8H12BO2Y-. The summed E-state index contributed by atoms with van der Waals surface area (Å²) in [7, 11) is 5.30. The maximum atomic E-state index is 10.9. The molecule has 0 amide bonds. The van der Waals surface area contributed by atoms with Crippen molar-refractivity contribution in [1.82, 2.24) is 0 Å². The van der Waals surface area contributed by atoms with Crippen molar-refractivity contribution in [2.75, 3.05) is 0 Å². The SMILES string of the molecule is [B][C-](C)CC(=O)CC(=O)CC.[Y]. The van der Waals surface area contributed by atoms with Crippen LogP contribution in [0.25, 0.3) is 0 Å². The van der Waals surface area contributed by atoms with Gasteiger partial charge in [0.25, 0.3) is 0 Å². The molecule has 0 fully saturated rings. The molecule has 0 unspecified atom stereocenters. The van der Waals surface area contributed by atoms with E-state index in [-0.39, 0.29) is 57.1 Å².